The normalized spacial score (nSPS) is 10.6. The maximum Gasteiger partial charge on any atom is 0.251 e. The van der Waals surface area contributed by atoms with Crippen molar-refractivity contribution in [1.29, 1.82) is 0 Å². The van der Waals surface area contributed by atoms with Crippen LogP contribution < -0.4 is 10.6 Å². The summed E-state index contributed by atoms with van der Waals surface area (Å²) >= 11 is 4.73. The van der Waals surface area contributed by atoms with Crippen molar-refractivity contribution in [3.63, 3.8) is 0 Å². The number of hydrogen-bond acceptors (Lipinski definition) is 4. The molecular formula is C22H23BrN4O2S. The van der Waals surface area contributed by atoms with E-state index in [1.807, 2.05) is 47.2 Å². The molecule has 0 saturated carbocycles. The van der Waals surface area contributed by atoms with Crippen LogP contribution in [-0.4, -0.2) is 33.7 Å². The molecule has 1 heterocycles. The Kier molecular flexibility index (Phi) is 8.10. The zero-order valence-corrected chi connectivity index (χ0v) is 19.0. The number of halogens is 1. The molecule has 0 spiro atoms. The highest BCUT2D eigenvalue weighted by atomic mass is 79.9. The minimum Gasteiger partial charge on any atom is -0.352 e. The van der Waals surface area contributed by atoms with E-state index >= 15 is 0 Å². The Morgan fingerprint density at radius 1 is 1.10 bits per heavy atom. The molecule has 3 rings (SSSR count). The van der Waals surface area contributed by atoms with Crippen molar-refractivity contribution in [2.24, 2.45) is 0 Å². The SMILES string of the molecule is CCCCNC(=O)c1ccc(-n2ccnc2SCC(=O)Nc2ccc(Br)cc2)cc1. The molecule has 0 unspecified atom stereocenters. The highest BCUT2D eigenvalue weighted by molar-refractivity contribution is 9.10. The summed E-state index contributed by atoms with van der Waals surface area (Å²) in [6.07, 6.45) is 5.54. The largest absolute Gasteiger partial charge is 0.352 e. The third-order valence-electron chi connectivity index (χ3n) is 4.29. The van der Waals surface area contributed by atoms with Gasteiger partial charge in [-0.05, 0) is 55.0 Å². The van der Waals surface area contributed by atoms with E-state index in [2.05, 4.69) is 38.5 Å². The number of nitrogens with zero attached hydrogens (tertiary/aromatic N) is 2. The molecule has 0 fully saturated rings. The van der Waals surface area contributed by atoms with E-state index in [1.165, 1.54) is 11.8 Å². The topological polar surface area (TPSA) is 76.0 Å². The molecule has 0 atom stereocenters. The molecule has 2 N–H and O–H groups in total. The van der Waals surface area contributed by atoms with Gasteiger partial charge >= 0.3 is 0 Å². The first-order chi connectivity index (χ1) is 14.6. The lowest BCUT2D eigenvalue weighted by molar-refractivity contribution is -0.113. The van der Waals surface area contributed by atoms with Gasteiger partial charge < -0.3 is 10.6 Å². The second-order valence-corrected chi connectivity index (χ2v) is 8.44. The first-order valence-electron chi connectivity index (χ1n) is 9.67. The number of imidazole rings is 1. The zero-order chi connectivity index (χ0) is 21.3. The van der Waals surface area contributed by atoms with Crippen molar-refractivity contribution in [1.82, 2.24) is 14.9 Å². The van der Waals surface area contributed by atoms with Crippen LogP contribution in [-0.2, 0) is 4.79 Å². The third-order valence-corrected chi connectivity index (χ3v) is 5.79. The quantitative estimate of drug-likeness (QED) is 0.333. The number of aromatic nitrogens is 2. The van der Waals surface area contributed by atoms with Crippen LogP contribution in [0.2, 0.25) is 0 Å². The van der Waals surface area contributed by atoms with Gasteiger partial charge in [0.1, 0.15) is 0 Å². The molecule has 0 radical (unpaired) electrons. The Bertz CT molecular complexity index is 987. The second kappa shape index (κ2) is 11.0. The number of carbonyl (C=O) groups excluding carboxylic acids is 2. The molecule has 0 bridgehead atoms. The molecule has 0 saturated heterocycles. The van der Waals surface area contributed by atoms with Crippen LogP contribution in [0, 0.1) is 0 Å². The molecule has 8 heteroatoms. The van der Waals surface area contributed by atoms with Crippen LogP contribution in [0.4, 0.5) is 5.69 Å². The average molecular weight is 487 g/mol. The number of carbonyl (C=O) groups is 2. The maximum absolute atomic E-state index is 12.2. The number of hydrogen-bond donors (Lipinski definition) is 2. The maximum atomic E-state index is 12.2. The Balaban J connectivity index is 1.58. The molecule has 2 amide bonds. The smallest absolute Gasteiger partial charge is 0.251 e. The van der Waals surface area contributed by atoms with E-state index in [-0.39, 0.29) is 17.6 Å². The van der Waals surface area contributed by atoms with Crippen LogP contribution in [0.15, 0.2) is 70.6 Å². The van der Waals surface area contributed by atoms with Crippen molar-refractivity contribution < 1.29 is 9.59 Å². The monoisotopic (exact) mass is 486 g/mol. The molecule has 30 heavy (non-hydrogen) atoms. The Morgan fingerprint density at radius 2 is 1.83 bits per heavy atom. The van der Waals surface area contributed by atoms with E-state index in [0.717, 1.165) is 28.7 Å². The number of nitrogens with one attached hydrogen (secondary N) is 2. The van der Waals surface area contributed by atoms with Crippen molar-refractivity contribution in [2.45, 2.75) is 24.9 Å². The van der Waals surface area contributed by atoms with Crippen LogP contribution in [0.1, 0.15) is 30.1 Å². The van der Waals surface area contributed by atoms with Crippen LogP contribution in [0.3, 0.4) is 0 Å². The lowest BCUT2D eigenvalue weighted by Gasteiger charge is -2.09. The molecular weight excluding hydrogens is 464 g/mol. The lowest BCUT2D eigenvalue weighted by atomic mass is 10.2. The molecule has 0 aliphatic rings. The standard InChI is InChI=1S/C22H23BrN4O2S/c1-2-3-12-24-21(29)16-4-10-19(11-5-16)27-14-13-25-22(27)30-15-20(28)26-18-8-6-17(23)7-9-18/h4-11,13-14H,2-3,12,15H2,1H3,(H,24,29)(H,26,28). The first kappa shape index (κ1) is 22.1. The first-order valence-corrected chi connectivity index (χ1v) is 11.4. The van der Waals surface area contributed by atoms with Gasteiger partial charge in [0.05, 0.1) is 5.75 Å². The average Bonchev–Trinajstić information content (AvgIpc) is 3.23. The summed E-state index contributed by atoms with van der Waals surface area (Å²) < 4.78 is 2.86. The summed E-state index contributed by atoms with van der Waals surface area (Å²) in [6.45, 7) is 2.77. The molecule has 0 aliphatic heterocycles. The van der Waals surface area contributed by atoms with E-state index in [4.69, 9.17) is 0 Å². The van der Waals surface area contributed by atoms with Crippen molar-refractivity contribution in [3.05, 3.63) is 71.0 Å². The summed E-state index contributed by atoms with van der Waals surface area (Å²) in [5.74, 6) is 0.0705. The summed E-state index contributed by atoms with van der Waals surface area (Å²) in [7, 11) is 0. The van der Waals surface area contributed by atoms with Gasteiger partial charge in [-0.15, -0.1) is 0 Å². The Hall–Kier alpha value is -2.58. The number of unbranched alkanes of at least 4 members (excludes halogenated alkanes) is 1. The van der Waals surface area contributed by atoms with Crippen LogP contribution in [0.25, 0.3) is 5.69 Å². The van der Waals surface area contributed by atoms with E-state index < -0.39 is 0 Å². The molecule has 0 aliphatic carbocycles. The summed E-state index contributed by atoms with van der Waals surface area (Å²) in [4.78, 5) is 28.7. The fraction of sp³-hybridized carbons (Fsp3) is 0.227. The lowest BCUT2D eigenvalue weighted by Crippen LogP contribution is -2.24. The van der Waals surface area contributed by atoms with Crippen LogP contribution in [0.5, 0.6) is 0 Å². The van der Waals surface area contributed by atoms with E-state index in [9.17, 15) is 9.59 Å². The van der Waals surface area contributed by atoms with Gasteiger partial charge in [0.25, 0.3) is 5.91 Å². The zero-order valence-electron chi connectivity index (χ0n) is 16.6. The van der Waals surface area contributed by atoms with Gasteiger partial charge in [0, 0.05) is 40.3 Å². The summed E-state index contributed by atoms with van der Waals surface area (Å²) in [5.41, 5.74) is 2.26. The number of benzene rings is 2. The van der Waals surface area contributed by atoms with Crippen molar-refractivity contribution in [2.75, 3.05) is 17.6 Å². The highest BCUT2D eigenvalue weighted by Gasteiger charge is 2.11. The molecule has 156 valence electrons. The Labute approximate surface area is 188 Å². The molecule has 2 aromatic carbocycles. The summed E-state index contributed by atoms with van der Waals surface area (Å²) in [6, 6.07) is 14.8. The summed E-state index contributed by atoms with van der Waals surface area (Å²) in [5, 5.41) is 6.49. The number of anilines is 1. The van der Waals surface area contributed by atoms with Crippen molar-refractivity contribution >= 4 is 45.2 Å². The van der Waals surface area contributed by atoms with E-state index in [1.54, 1.807) is 18.3 Å². The predicted octanol–water partition coefficient (Wildman–Crippen LogP) is 4.90. The third kappa shape index (κ3) is 6.21. The minimum absolute atomic E-state index is 0.0696. The van der Waals surface area contributed by atoms with Gasteiger partial charge in [-0.3, -0.25) is 14.2 Å². The van der Waals surface area contributed by atoms with Gasteiger partial charge in [-0.25, -0.2) is 4.98 Å². The van der Waals surface area contributed by atoms with Gasteiger partial charge in [-0.1, -0.05) is 41.0 Å². The highest BCUT2D eigenvalue weighted by Crippen LogP contribution is 2.21. The fourth-order valence-electron chi connectivity index (χ4n) is 2.71. The fourth-order valence-corrected chi connectivity index (χ4v) is 3.75. The number of rotatable bonds is 9. The minimum atomic E-state index is -0.101. The molecule has 3 aromatic rings. The Morgan fingerprint density at radius 3 is 2.53 bits per heavy atom. The van der Waals surface area contributed by atoms with Crippen LogP contribution >= 0.6 is 27.7 Å². The number of amides is 2. The molecule has 6 nitrogen and oxygen atoms in total. The molecule has 1 aromatic heterocycles. The number of thioether (sulfide) groups is 1. The van der Waals surface area contributed by atoms with Gasteiger partial charge in [0.2, 0.25) is 5.91 Å². The van der Waals surface area contributed by atoms with Gasteiger partial charge in [0.15, 0.2) is 5.16 Å². The predicted molar refractivity (Wildman–Crippen MR) is 124 cm³/mol. The van der Waals surface area contributed by atoms with Crippen molar-refractivity contribution in [3.8, 4) is 5.69 Å². The van der Waals surface area contributed by atoms with Gasteiger partial charge in [-0.2, -0.15) is 0 Å². The second-order valence-electron chi connectivity index (χ2n) is 6.58. The van der Waals surface area contributed by atoms with E-state index in [0.29, 0.717) is 17.3 Å².